The van der Waals surface area contributed by atoms with Crippen molar-refractivity contribution in [2.45, 2.75) is 44.6 Å². The Morgan fingerprint density at radius 3 is 2.58 bits per heavy atom. The highest BCUT2D eigenvalue weighted by molar-refractivity contribution is 4.98. The van der Waals surface area contributed by atoms with Crippen LogP contribution in [0.15, 0.2) is 0 Å². The van der Waals surface area contributed by atoms with Crippen molar-refractivity contribution in [2.24, 2.45) is 11.1 Å². The third-order valence-electron chi connectivity index (χ3n) is 3.62. The molecule has 1 saturated carbocycles. The summed E-state index contributed by atoms with van der Waals surface area (Å²) in [5.74, 6) is 0. The average Bonchev–Trinajstić information content (AvgIpc) is 2.02. The third-order valence-corrected chi connectivity index (χ3v) is 3.62. The van der Waals surface area contributed by atoms with Crippen LogP contribution in [0, 0.1) is 5.41 Å². The fourth-order valence-corrected chi connectivity index (χ4v) is 2.50. The van der Waals surface area contributed by atoms with Gasteiger partial charge < -0.3 is 10.5 Å². The first-order valence-electron chi connectivity index (χ1n) is 5.02. The van der Waals surface area contributed by atoms with Crippen molar-refractivity contribution in [3.05, 3.63) is 0 Å². The van der Waals surface area contributed by atoms with E-state index in [0.717, 1.165) is 19.6 Å². The van der Waals surface area contributed by atoms with Crippen molar-refractivity contribution < 1.29 is 4.74 Å². The van der Waals surface area contributed by atoms with Gasteiger partial charge in [-0.05, 0) is 44.1 Å². The highest BCUT2D eigenvalue weighted by Gasteiger charge is 2.46. The summed E-state index contributed by atoms with van der Waals surface area (Å²) in [7, 11) is 0. The second kappa shape index (κ2) is 2.71. The van der Waals surface area contributed by atoms with Gasteiger partial charge in [0.2, 0.25) is 0 Å². The number of rotatable bonds is 1. The molecule has 0 aromatic rings. The summed E-state index contributed by atoms with van der Waals surface area (Å²) in [6.07, 6.45) is 6.22. The van der Waals surface area contributed by atoms with E-state index in [-0.39, 0.29) is 5.60 Å². The Labute approximate surface area is 74.5 Å². The molecule has 2 fully saturated rings. The van der Waals surface area contributed by atoms with E-state index in [0.29, 0.717) is 5.41 Å². The molecule has 70 valence electrons. The number of ether oxygens (including phenoxy) is 1. The lowest BCUT2D eigenvalue weighted by atomic mass is 9.66. The Bertz CT molecular complexity index is 167. The second-order valence-electron chi connectivity index (χ2n) is 4.83. The zero-order valence-electron chi connectivity index (χ0n) is 7.94. The van der Waals surface area contributed by atoms with E-state index < -0.39 is 0 Å². The summed E-state index contributed by atoms with van der Waals surface area (Å²) in [5, 5.41) is 0. The summed E-state index contributed by atoms with van der Waals surface area (Å²) >= 11 is 0. The largest absolute Gasteiger partial charge is 0.375 e. The molecule has 0 bridgehead atoms. The van der Waals surface area contributed by atoms with Crippen molar-refractivity contribution in [1.82, 2.24) is 0 Å². The van der Waals surface area contributed by atoms with Crippen LogP contribution in [-0.4, -0.2) is 18.8 Å². The van der Waals surface area contributed by atoms with E-state index in [4.69, 9.17) is 10.5 Å². The topological polar surface area (TPSA) is 35.2 Å². The Morgan fingerprint density at radius 2 is 2.08 bits per heavy atom. The van der Waals surface area contributed by atoms with Crippen LogP contribution in [-0.2, 0) is 4.74 Å². The van der Waals surface area contributed by atoms with Gasteiger partial charge in [0.05, 0.1) is 5.60 Å². The third kappa shape index (κ3) is 1.27. The average molecular weight is 169 g/mol. The van der Waals surface area contributed by atoms with Gasteiger partial charge in [0.15, 0.2) is 0 Å². The maximum absolute atomic E-state index is 5.84. The molecule has 2 aliphatic rings. The molecule has 12 heavy (non-hydrogen) atoms. The summed E-state index contributed by atoms with van der Waals surface area (Å²) in [5.41, 5.74) is 6.40. The van der Waals surface area contributed by atoms with E-state index in [9.17, 15) is 0 Å². The molecule has 1 aliphatic heterocycles. The van der Waals surface area contributed by atoms with Crippen LogP contribution in [0.4, 0.5) is 0 Å². The van der Waals surface area contributed by atoms with Gasteiger partial charge >= 0.3 is 0 Å². The highest BCUT2D eigenvalue weighted by Crippen LogP contribution is 2.48. The van der Waals surface area contributed by atoms with E-state index in [1.54, 1.807) is 0 Å². The quantitative estimate of drug-likeness (QED) is 0.648. The summed E-state index contributed by atoms with van der Waals surface area (Å²) in [6.45, 7) is 4.04. The van der Waals surface area contributed by atoms with E-state index in [1.165, 1.54) is 25.7 Å². The van der Waals surface area contributed by atoms with Gasteiger partial charge in [-0.2, -0.15) is 0 Å². The standard InChI is InChI=1S/C10H19NO/c1-9(8-11)5-6-12-10(7-9)3-2-4-10/h2-8,11H2,1H3/t9-/m0/s1. The highest BCUT2D eigenvalue weighted by atomic mass is 16.5. The summed E-state index contributed by atoms with van der Waals surface area (Å²) in [4.78, 5) is 0. The molecule has 1 heterocycles. The van der Waals surface area contributed by atoms with Crippen molar-refractivity contribution in [3.63, 3.8) is 0 Å². The van der Waals surface area contributed by atoms with Crippen LogP contribution in [0.25, 0.3) is 0 Å². The summed E-state index contributed by atoms with van der Waals surface area (Å²) in [6, 6.07) is 0. The van der Waals surface area contributed by atoms with Crippen LogP contribution >= 0.6 is 0 Å². The molecule has 2 heteroatoms. The maximum Gasteiger partial charge on any atom is 0.0688 e. The fraction of sp³-hybridized carbons (Fsp3) is 1.00. The van der Waals surface area contributed by atoms with Crippen molar-refractivity contribution in [1.29, 1.82) is 0 Å². The maximum atomic E-state index is 5.84. The van der Waals surface area contributed by atoms with E-state index >= 15 is 0 Å². The van der Waals surface area contributed by atoms with Gasteiger partial charge in [-0.15, -0.1) is 0 Å². The minimum absolute atomic E-state index is 0.256. The first-order chi connectivity index (χ1) is 5.68. The van der Waals surface area contributed by atoms with Gasteiger partial charge in [-0.25, -0.2) is 0 Å². The summed E-state index contributed by atoms with van der Waals surface area (Å²) < 4.78 is 5.84. The Hall–Kier alpha value is -0.0800. The van der Waals surface area contributed by atoms with Gasteiger partial charge in [-0.3, -0.25) is 0 Å². The Morgan fingerprint density at radius 1 is 1.33 bits per heavy atom. The fourth-order valence-electron chi connectivity index (χ4n) is 2.50. The SMILES string of the molecule is C[C@]1(CN)CCOC2(CCC2)C1. The lowest BCUT2D eigenvalue weighted by Crippen LogP contribution is -2.50. The smallest absolute Gasteiger partial charge is 0.0688 e. The van der Waals surface area contributed by atoms with Gasteiger partial charge in [0.1, 0.15) is 0 Å². The Kier molecular flexibility index (Phi) is 1.92. The van der Waals surface area contributed by atoms with Crippen LogP contribution in [0.1, 0.15) is 39.0 Å². The molecule has 0 unspecified atom stereocenters. The molecule has 1 aliphatic carbocycles. The molecular weight excluding hydrogens is 150 g/mol. The molecule has 1 saturated heterocycles. The van der Waals surface area contributed by atoms with E-state index in [1.807, 2.05) is 0 Å². The Balaban J connectivity index is 2.03. The minimum Gasteiger partial charge on any atom is -0.375 e. The van der Waals surface area contributed by atoms with E-state index in [2.05, 4.69) is 6.92 Å². The zero-order valence-corrected chi connectivity index (χ0v) is 7.94. The lowest BCUT2D eigenvalue weighted by Gasteiger charge is -2.51. The molecule has 0 amide bonds. The molecule has 0 radical (unpaired) electrons. The lowest BCUT2D eigenvalue weighted by molar-refractivity contribution is -0.161. The predicted octanol–water partition coefficient (Wildman–Crippen LogP) is 1.68. The number of hydrogen-bond donors (Lipinski definition) is 1. The first-order valence-corrected chi connectivity index (χ1v) is 5.02. The second-order valence-corrected chi connectivity index (χ2v) is 4.83. The van der Waals surface area contributed by atoms with Gasteiger partial charge in [0.25, 0.3) is 0 Å². The number of hydrogen-bond acceptors (Lipinski definition) is 2. The van der Waals surface area contributed by atoms with Gasteiger partial charge in [0, 0.05) is 6.61 Å². The van der Waals surface area contributed by atoms with Crippen molar-refractivity contribution in [2.75, 3.05) is 13.2 Å². The first kappa shape index (κ1) is 8.52. The molecule has 2 N–H and O–H groups in total. The molecule has 1 atom stereocenters. The van der Waals surface area contributed by atoms with Crippen LogP contribution in [0.3, 0.4) is 0 Å². The molecule has 0 aromatic heterocycles. The molecule has 0 aromatic carbocycles. The van der Waals surface area contributed by atoms with Crippen LogP contribution in [0.5, 0.6) is 0 Å². The molecular formula is C10H19NO. The molecule has 2 nitrogen and oxygen atoms in total. The zero-order chi connectivity index (χ0) is 8.66. The molecule has 2 rings (SSSR count). The van der Waals surface area contributed by atoms with Gasteiger partial charge in [-0.1, -0.05) is 6.92 Å². The van der Waals surface area contributed by atoms with Crippen molar-refractivity contribution >= 4 is 0 Å². The van der Waals surface area contributed by atoms with Crippen LogP contribution in [0.2, 0.25) is 0 Å². The minimum atomic E-state index is 0.256. The predicted molar refractivity (Wildman–Crippen MR) is 48.9 cm³/mol. The van der Waals surface area contributed by atoms with Crippen molar-refractivity contribution in [3.8, 4) is 0 Å². The number of nitrogens with two attached hydrogens (primary N) is 1. The van der Waals surface area contributed by atoms with Crippen LogP contribution < -0.4 is 5.73 Å². The monoisotopic (exact) mass is 169 g/mol. The normalized spacial score (nSPS) is 39.5. The molecule has 1 spiro atoms.